The smallest absolute Gasteiger partial charge is 0.234 e. The van der Waals surface area contributed by atoms with Crippen LogP contribution in [-0.2, 0) is 16.1 Å². The lowest BCUT2D eigenvalue weighted by molar-refractivity contribution is -0.125. The first-order valence-electron chi connectivity index (χ1n) is 7.69. The number of nitrogens with zero attached hydrogens (tertiary/aromatic N) is 1. The molecule has 1 aromatic carbocycles. The van der Waals surface area contributed by atoms with Crippen molar-refractivity contribution in [2.45, 2.75) is 32.9 Å². The molecule has 134 valence electrons. The van der Waals surface area contributed by atoms with E-state index >= 15 is 0 Å². The zero-order valence-electron chi connectivity index (χ0n) is 14.9. The maximum atomic E-state index is 12.0. The van der Waals surface area contributed by atoms with Crippen molar-refractivity contribution in [1.82, 2.24) is 15.5 Å². The fourth-order valence-corrected chi connectivity index (χ4v) is 2.33. The van der Waals surface area contributed by atoms with Crippen LogP contribution < -0.4 is 15.4 Å². The molecule has 0 radical (unpaired) electrons. The highest BCUT2D eigenvalue weighted by Crippen LogP contribution is 2.22. The molecule has 1 aromatic rings. The Labute approximate surface area is 148 Å². The molecule has 1 rings (SSSR count). The highest BCUT2D eigenvalue weighted by atomic mass is 35.5. The van der Waals surface area contributed by atoms with Gasteiger partial charge in [0, 0.05) is 22.7 Å². The van der Waals surface area contributed by atoms with Gasteiger partial charge in [-0.3, -0.25) is 14.5 Å². The van der Waals surface area contributed by atoms with Crippen LogP contribution in [0, 0.1) is 0 Å². The van der Waals surface area contributed by atoms with E-state index in [1.807, 2.05) is 20.8 Å². The summed E-state index contributed by atoms with van der Waals surface area (Å²) in [6, 6.07) is 5.24. The molecule has 0 saturated carbocycles. The number of likely N-dealkylation sites (N-methyl/N-ethyl adjacent to an activating group) is 1. The van der Waals surface area contributed by atoms with Crippen molar-refractivity contribution in [3.8, 4) is 5.75 Å². The Kier molecular flexibility index (Phi) is 7.51. The van der Waals surface area contributed by atoms with Gasteiger partial charge in [-0.25, -0.2) is 0 Å². The van der Waals surface area contributed by atoms with Gasteiger partial charge >= 0.3 is 0 Å². The minimum atomic E-state index is -0.288. The molecule has 2 N–H and O–H groups in total. The van der Waals surface area contributed by atoms with Crippen molar-refractivity contribution in [2.24, 2.45) is 0 Å². The number of ether oxygens (including phenoxy) is 1. The maximum Gasteiger partial charge on any atom is 0.234 e. The van der Waals surface area contributed by atoms with Gasteiger partial charge in [0.15, 0.2) is 0 Å². The van der Waals surface area contributed by atoms with Crippen LogP contribution in [0.2, 0.25) is 5.02 Å². The Morgan fingerprint density at radius 3 is 2.42 bits per heavy atom. The van der Waals surface area contributed by atoms with E-state index < -0.39 is 0 Å². The third kappa shape index (κ3) is 7.66. The number of carbonyl (C=O) groups is 2. The van der Waals surface area contributed by atoms with Crippen LogP contribution in [0.15, 0.2) is 18.2 Å². The summed E-state index contributed by atoms with van der Waals surface area (Å²) in [7, 11) is 3.29. The minimum Gasteiger partial charge on any atom is -0.496 e. The first-order valence-corrected chi connectivity index (χ1v) is 8.07. The van der Waals surface area contributed by atoms with Crippen LogP contribution in [0.4, 0.5) is 0 Å². The van der Waals surface area contributed by atoms with E-state index in [9.17, 15) is 9.59 Å². The fraction of sp³-hybridized carbons (Fsp3) is 0.529. The molecule has 0 aliphatic rings. The molecule has 0 spiro atoms. The second-order valence-corrected chi connectivity index (χ2v) is 7.14. The lowest BCUT2D eigenvalue weighted by Crippen LogP contribution is -2.46. The van der Waals surface area contributed by atoms with Gasteiger partial charge in [-0.1, -0.05) is 11.6 Å². The summed E-state index contributed by atoms with van der Waals surface area (Å²) in [6.45, 7) is 6.33. The van der Waals surface area contributed by atoms with E-state index in [4.69, 9.17) is 16.3 Å². The fourth-order valence-electron chi connectivity index (χ4n) is 2.14. The van der Waals surface area contributed by atoms with Crippen molar-refractivity contribution < 1.29 is 14.3 Å². The van der Waals surface area contributed by atoms with Gasteiger partial charge in [-0.2, -0.15) is 0 Å². The van der Waals surface area contributed by atoms with E-state index in [0.29, 0.717) is 17.3 Å². The predicted octanol–water partition coefficient (Wildman–Crippen LogP) is 1.81. The van der Waals surface area contributed by atoms with E-state index in [1.165, 1.54) is 0 Å². The second-order valence-electron chi connectivity index (χ2n) is 6.70. The number of rotatable bonds is 7. The van der Waals surface area contributed by atoms with Crippen LogP contribution in [0.5, 0.6) is 5.75 Å². The van der Waals surface area contributed by atoms with Crippen LogP contribution in [-0.4, -0.2) is 49.5 Å². The number of hydrogen-bond acceptors (Lipinski definition) is 4. The van der Waals surface area contributed by atoms with Crippen LogP contribution in [0.25, 0.3) is 0 Å². The van der Waals surface area contributed by atoms with Crippen molar-refractivity contribution in [2.75, 3.05) is 27.2 Å². The standard InChI is InChI=1S/C17H26ClN3O3/c1-17(2,3)20-16(23)11-21(4)10-15(22)19-9-12-8-13(18)6-7-14(12)24-5/h6-8H,9-11H2,1-5H3,(H,19,22)(H,20,23). The Hall–Kier alpha value is -1.79. The largest absolute Gasteiger partial charge is 0.496 e. The summed E-state index contributed by atoms with van der Waals surface area (Å²) >= 11 is 5.96. The van der Waals surface area contributed by atoms with Crippen molar-refractivity contribution in [3.05, 3.63) is 28.8 Å². The van der Waals surface area contributed by atoms with Gasteiger partial charge in [0.2, 0.25) is 11.8 Å². The molecule has 0 atom stereocenters. The average Bonchev–Trinajstić information content (AvgIpc) is 2.42. The van der Waals surface area contributed by atoms with Crippen molar-refractivity contribution in [3.63, 3.8) is 0 Å². The Bertz CT molecular complexity index is 585. The van der Waals surface area contributed by atoms with E-state index in [-0.39, 0.29) is 30.4 Å². The lowest BCUT2D eigenvalue weighted by Gasteiger charge is -2.23. The van der Waals surface area contributed by atoms with E-state index in [0.717, 1.165) is 5.56 Å². The molecular formula is C17H26ClN3O3. The highest BCUT2D eigenvalue weighted by Gasteiger charge is 2.16. The number of methoxy groups -OCH3 is 1. The quantitative estimate of drug-likeness (QED) is 0.782. The van der Waals surface area contributed by atoms with Crippen molar-refractivity contribution in [1.29, 1.82) is 0 Å². The number of amides is 2. The first-order chi connectivity index (χ1) is 11.1. The van der Waals surface area contributed by atoms with Gasteiger partial charge in [-0.15, -0.1) is 0 Å². The lowest BCUT2D eigenvalue weighted by atomic mass is 10.1. The Balaban J connectivity index is 2.46. The molecule has 0 unspecified atom stereocenters. The monoisotopic (exact) mass is 355 g/mol. The summed E-state index contributed by atoms with van der Waals surface area (Å²) in [5.41, 5.74) is 0.509. The topological polar surface area (TPSA) is 70.7 Å². The number of benzene rings is 1. The maximum absolute atomic E-state index is 12.0. The molecule has 0 saturated heterocycles. The molecule has 2 amide bonds. The molecule has 0 aliphatic heterocycles. The molecule has 7 heteroatoms. The number of carbonyl (C=O) groups excluding carboxylic acids is 2. The van der Waals surface area contributed by atoms with Gasteiger partial charge in [0.1, 0.15) is 5.75 Å². The Morgan fingerprint density at radius 2 is 1.83 bits per heavy atom. The normalized spacial score (nSPS) is 11.3. The molecule has 0 aromatic heterocycles. The third-order valence-corrected chi connectivity index (χ3v) is 3.30. The third-order valence-electron chi connectivity index (χ3n) is 3.06. The van der Waals surface area contributed by atoms with Crippen LogP contribution in [0.3, 0.4) is 0 Å². The van der Waals surface area contributed by atoms with E-state index in [2.05, 4.69) is 10.6 Å². The number of nitrogens with one attached hydrogen (secondary N) is 2. The van der Waals surface area contributed by atoms with Crippen molar-refractivity contribution >= 4 is 23.4 Å². The summed E-state index contributed by atoms with van der Waals surface area (Å²) in [4.78, 5) is 25.5. The Morgan fingerprint density at radius 1 is 1.21 bits per heavy atom. The van der Waals surface area contributed by atoms with Gasteiger partial charge in [0.25, 0.3) is 0 Å². The molecule has 0 bridgehead atoms. The van der Waals surface area contributed by atoms with Gasteiger partial charge in [0.05, 0.1) is 20.2 Å². The summed E-state index contributed by atoms with van der Waals surface area (Å²) in [5, 5.41) is 6.24. The molecule has 6 nitrogen and oxygen atoms in total. The average molecular weight is 356 g/mol. The highest BCUT2D eigenvalue weighted by molar-refractivity contribution is 6.30. The van der Waals surface area contributed by atoms with Crippen LogP contribution in [0.1, 0.15) is 26.3 Å². The molecule has 0 fully saturated rings. The van der Waals surface area contributed by atoms with Crippen LogP contribution >= 0.6 is 11.6 Å². The second kappa shape index (κ2) is 8.89. The zero-order valence-corrected chi connectivity index (χ0v) is 15.7. The first kappa shape index (κ1) is 20.3. The molecule has 0 heterocycles. The summed E-state index contributed by atoms with van der Waals surface area (Å²) in [6.07, 6.45) is 0. The summed E-state index contributed by atoms with van der Waals surface area (Å²) < 4.78 is 5.24. The van der Waals surface area contributed by atoms with E-state index in [1.54, 1.807) is 37.3 Å². The molecule has 24 heavy (non-hydrogen) atoms. The number of halogens is 1. The predicted molar refractivity (Wildman–Crippen MR) is 95.2 cm³/mol. The minimum absolute atomic E-state index is 0.116. The SMILES string of the molecule is COc1ccc(Cl)cc1CNC(=O)CN(C)CC(=O)NC(C)(C)C. The number of hydrogen-bond donors (Lipinski definition) is 2. The zero-order chi connectivity index (χ0) is 18.3. The molecular weight excluding hydrogens is 330 g/mol. The molecule has 0 aliphatic carbocycles. The summed E-state index contributed by atoms with van der Waals surface area (Å²) in [5.74, 6) is 0.370. The van der Waals surface area contributed by atoms with Gasteiger partial charge < -0.3 is 15.4 Å². The van der Waals surface area contributed by atoms with Gasteiger partial charge in [-0.05, 0) is 46.0 Å².